The normalized spacial score (nSPS) is 11.8. The zero-order chi connectivity index (χ0) is 13.5. The molecule has 1 heterocycles. The van der Waals surface area contributed by atoms with Crippen molar-refractivity contribution in [1.82, 2.24) is 4.98 Å². The Hall–Kier alpha value is -1.97. The maximum Gasteiger partial charge on any atom is 0.270 e. The third kappa shape index (κ3) is 2.18. The number of nitro benzene ring substituents is 1. The summed E-state index contributed by atoms with van der Waals surface area (Å²) in [6.07, 6.45) is 0. The molecule has 0 aliphatic carbocycles. The van der Waals surface area contributed by atoms with Crippen molar-refractivity contribution in [3.63, 3.8) is 0 Å². The van der Waals surface area contributed by atoms with Crippen molar-refractivity contribution >= 4 is 16.6 Å². The predicted octanol–water partition coefficient (Wildman–Crippen LogP) is 3.75. The number of benzene rings is 1. The zero-order valence-electron chi connectivity index (χ0n) is 11.0. The standard InChI is InChI=1S/C14H16N2O2/c1-9-7-12(14(2,3)4)11-8-10(16(17)18)5-6-13(11)15-9/h5-8H,1-4H3. The second-order valence-corrected chi connectivity index (χ2v) is 5.52. The van der Waals surface area contributed by atoms with Crippen LogP contribution in [-0.4, -0.2) is 9.91 Å². The van der Waals surface area contributed by atoms with Gasteiger partial charge in [0.1, 0.15) is 0 Å². The van der Waals surface area contributed by atoms with Crippen LogP contribution < -0.4 is 0 Å². The maximum atomic E-state index is 10.9. The number of nitro groups is 1. The fourth-order valence-corrected chi connectivity index (χ4v) is 2.08. The molecule has 0 unspecified atom stereocenters. The molecular formula is C14H16N2O2. The van der Waals surface area contributed by atoms with Gasteiger partial charge in [0.05, 0.1) is 10.4 Å². The van der Waals surface area contributed by atoms with Crippen LogP contribution in [0, 0.1) is 17.0 Å². The lowest BCUT2D eigenvalue weighted by Gasteiger charge is -2.21. The largest absolute Gasteiger partial charge is 0.270 e. The number of aromatic nitrogens is 1. The first-order valence-corrected chi connectivity index (χ1v) is 5.85. The highest BCUT2D eigenvalue weighted by molar-refractivity contribution is 5.85. The van der Waals surface area contributed by atoms with Gasteiger partial charge in [-0.15, -0.1) is 0 Å². The first kappa shape index (κ1) is 12.5. The highest BCUT2D eigenvalue weighted by Crippen LogP contribution is 2.31. The van der Waals surface area contributed by atoms with Gasteiger partial charge in [0.2, 0.25) is 0 Å². The Balaban J connectivity index is 2.82. The van der Waals surface area contributed by atoms with E-state index >= 15 is 0 Å². The highest BCUT2D eigenvalue weighted by atomic mass is 16.6. The van der Waals surface area contributed by atoms with Crippen LogP contribution >= 0.6 is 0 Å². The van der Waals surface area contributed by atoms with Gasteiger partial charge in [-0.3, -0.25) is 15.1 Å². The molecule has 0 aliphatic heterocycles. The molecule has 2 rings (SSSR count). The van der Waals surface area contributed by atoms with Crippen LogP contribution in [0.3, 0.4) is 0 Å². The lowest BCUT2D eigenvalue weighted by molar-refractivity contribution is -0.384. The Bertz CT molecular complexity index is 627. The van der Waals surface area contributed by atoms with E-state index in [0.29, 0.717) is 0 Å². The highest BCUT2D eigenvalue weighted by Gasteiger charge is 2.19. The Kier molecular flexibility index (Phi) is 2.81. The molecule has 0 spiro atoms. The minimum absolute atomic E-state index is 0.0683. The fraction of sp³-hybridized carbons (Fsp3) is 0.357. The first-order valence-electron chi connectivity index (χ1n) is 5.85. The number of pyridine rings is 1. The van der Waals surface area contributed by atoms with E-state index in [0.717, 1.165) is 22.2 Å². The van der Waals surface area contributed by atoms with Gasteiger partial charge in [0.25, 0.3) is 5.69 Å². The molecular weight excluding hydrogens is 228 g/mol. The summed E-state index contributed by atoms with van der Waals surface area (Å²) < 4.78 is 0. The Morgan fingerprint density at radius 1 is 1.22 bits per heavy atom. The molecule has 0 radical (unpaired) electrons. The second-order valence-electron chi connectivity index (χ2n) is 5.52. The summed E-state index contributed by atoms with van der Waals surface area (Å²) in [6.45, 7) is 8.23. The van der Waals surface area contributed by atoms with Gasteiger partial charge >= 0.3 is 0 Å². The molecule has 4 nitrogen and oxygen atoms in total. The number of aryl methyl sites for hydroxylation is 1. The topological polar surface area (TPSA) is 56.0 Å². The van der Waals surface area contributed by atoms with Crippen molar-refractivity contribution in [2.45, 2.75) is 33.1 Å². The summed E-state index contributed by atoms with van der Waals surface area (Å²) in [5.41, 5.74) is 2.88. The summed E-state index contributed by atoms with van der Waals surface area (Å²) >= 11 is 0. The summed E-state index contributed by atoms with van der Waals surface area (Å²) in [5, 5.41) is 11.7. The van der Waals surface area contributed by atoms with E-state index in [1.807, 2.05) is 13.0 Å². The maximum absolute atomic E-state index is 10.9. The fourth-order valence-electron chi connectivity index (χ4n) is 2.08. The third-order valence-corrected chi connectivity index (χ3v) is 2.94. The molecule has 0 saturated carbocycles. The quantitative estimate of drug-likeness (QED) is 0.567. The van der Waals surface area contributed by atoms with Crippen molar-refractivity contribution in [2.75, 3.05) is 0 Å². The lowest BCUT2D eigenvalue weighted by atomic mass is 9.84. The van der Waals surface area contributed by atoms with E-state index in [9.17, 15) is 10.1 Å². The Morgan fingerprint density at radius 3 is 2.44 bits per heavy atom. The molecule has 0 N–H and O–H groups in total. The Morgan fingerprint density at radius 2 is 1.89 bits per heavy atom. The number of hydrogen-bond acceptors (Lipinski definition) is 3. The summed E-state index contributed by atoms with van der Waals surface area (Å²) in [5.74, 6) is 0. The van der Waals surface area contributed by atoms with Gasteiger partial charge in [0.15, 0.2) is 0 Å². The molecule has 1 aromatic carbocycles. The number of fused-ring (bicyclic) bond motifs is 1. The van der Waals surface area contributed by atoms with Crippen LogP contribution in [-0.2, 0) is 5.41 Å². The smallest absolute Gasteiger partial charge is 0.258 e. The zero-order valence-corrected chi connectivity index (χ0v) is 11.0. The molecule has 94 valence electrons. The van der Waals surface area contributed by atoms with Crippen LogP contribution in [0.25, 0.3) is 10.9 Å². The monoisotopic (exact) mass is 244 g/mol. The molecule has 0 amide bonds. The molecule has 0 bridgehead atoms. The SMILES string of the molecule is Cc1cc(C(C)(C)C)c2cc([N+](=O)[O-])ccc2n1. The molecule has 18 heavy (non-hydrogen) atoms. The van der Waals surface area contributed by atoms with E-state index < -0.39 is 0 Å². The number of rotatable bonds is 1. The molecule has 1 aromatic heterocycles. The molecule has 2 aromatic rings. The van der Waals surface area contributed by atoms with Crippen molar-refractivity contribution in [3.8, 4) is 0 Å². The number of nitrogens with zero attached hydrogens (tertiary/aromatic N) is 2. The van der Waals surface area contributed by atoms with Gasteiger partial charge in [-0.25, -0.2) is 0 Å². The van der Waals surface area contributed by atoms with Gasteiger partial charge in [-0.1, -0.05) is 20.8 Å². The molecule has 4 heteroatoms. The third-order valence-electron chi connectivity index (χ3n) is 2.94. The molecule has 0 atom stereocenters. The minimum atomic E-state index is -0.369. The van der Waals surface area contributed by atoms with Crippen molar-refractivity contribution in [3.05, 3.63) is 45.6 Å². The van der Waals surface area contributed by atoms with Crippen LogP contribution in [0.5, 0.6) is 0 Å². The Labute approximate surface area is 106 Å². The van der Waals surface area contributed by atoms with Crippen LogP contribution in [0.2, 0.25) is 0 Å². The average molecular weight is 244 g/mol. The van der Waals surface area contributed by atoms with E-state index in [1.165, 1.54) is 6.07 Å². The van der Waals surface area contributed by atoms with Crippen LogP contribution in [0.1, 0.15) is 32.0 Å². The van der Waals surface area contributed by atoms with E-state index in [-0.39, 0.29) is 16.0 Å². The summed E-state index contributed by atoms with van der Waals surface area (Å²) in [4.78, 5) is 14.9. The van der Waals surface area contributed by atoms with Gasteiger partial charge in [-0.05, 0) is 30.0 Å². The molecule has 0 saturated heterocycles. The average Bonchev–Trinajstić information content (AvgIpc) is 2.25. The number of non-ortho nitro benzene ring substituents is 1. The number of hydrogen-bond donors (Lipinski definition) is 0. The second kappa shape index (κ2) is 4.05. The minimum Gasteiger partial charge on any atom is -0.258 e. The molecule has 0 fully saturated rings. The summed E-state index contributed by atoms with van der Waals surface area (Å²) in [6, 6.07) is 6.84. The van der Waals surface area contributed by atoms with Gasteiger partial charge in [-0.2, -0.15) is 0 Å². The predicted molar refractivity (Wildman–Crippen MR) is 71.8 cm³/mol. The first-order chi connectivity index (χ1) is 8.29. The summed E-state index contributed by atoms with van der Waals surface area (Å²) in [7, 11) is 0. The lowest BCUT2D eigenvalue weighted by Crippen LogP contribution is -2.12. The van der Waals surface area contributed by atoms with E-state index in [2.05, 4.69) is 25.8 Å². The van der Waals surface area contributed by atoms with Gasteiger partial charge in [0, 0.05) is 23.2 Å². The van der Waals surface area contributed by atoms with Crippen LogP contribution in [0.4, 0.5) is 5.69 Å². The van der Waals surface area contributed by atoms with Crippen molar-refractivity contribution in [1.29, 1.82) is 0 Å². The van der Waals surface area contributed by atoms with Crippen molar-refractivity contribution < 1.29 is 4.92 Å². The van der Waals surface area contributed by atoms with Gasteiger partial charge < -0.3 is 0 Å². The van der Waals surface area contributed by atoms with Crippen LogP contribution in [0.15, 0.2) is 24.3 Å². The van der Waals surface area contributed by atoms with Crippen molar-refractivity contribution in [2.24, 2.45) is 0 Å². The van der Waals surface area contributed by atoms with E-state index in [4.69, 9.17) is 0 Å². The molecule has 0 aliphatic rings. The van der Waals surface area contributed by atoms with E-state index in [1.54, 1.807) is 12.1 Å².